The molecule has 4 rings (SSSR count). The number of carbonyl (C=O) groups is 1. The maximum absolute atomic E-state index is 12.0. The van der Waals surface area contributed by atoms with Gasteiger partial charge in [-0.25, -0.2) is 9.67 Å². The highest BCUT2D eigenvalue weighted by atomic mass is 16.2. The second kappa shape index (κ2) is 5.23. The smallest absolute Gasteiger partial charge is 0.223 e. The van der Waals surface area contributed by atoms with Crippen LogP contribution in [0.5, 0.6) is 0 Å². The van der Waals surface area contributed by atoms with Gasteiger partial charge in [0, 0.05) is 13.0 Å². The summed E-state index contributed by atoms with van der Waals surface area (Å²) in [6.07, 6.45) is 6.74. The molecule has 2 aliphatic rings. The highest BCUT2D eigenvalue weighted by molar-refractivity contribution is 5.78. The van der Waals surface area contributed by atoms with Crippen molar-refractivity contribution in [2.75, 3.05) is 6.54 Å². The number of likely N-dealkylation sites (tertiary alicyclic amines) is 1. The first kappa shape index (κ1) is 13.5. The number of aromatic nitrogens is 3. The number of hydrogen-bond acceptors (Lipinski definition) is 3. The second-order valence-electron chi connectivity index (χ2n) is 6.20. The van der Waals surface area contributed by atoms with Crippen molar-refractivity contribution in [1.29, 1.82) is 0 Å². The molecular formula is C17H20N4O. The Morgan fingerprint density at radius 3 is 2.82 bits per heavy atom. The molecule has 114 valence electrons. The normalized spacial score (nSPS) is 18.8. The molecule has 0 unspecified atom stereocenters. The Labute approximate surface area is 130 Å². The van der Waals surface area contributed by atoms with Gasteiger partial charge in [-0.05, 0) is 55.9 Å². The summed E-state index contributed by atoms with van der Waals surface area (Å²) < 4.78 is 1.88. The lowest BCUT2D eigenvalue weighted by molar-refractivity contribution is -0.129. The molecule has 0 bridgehead atoms. The number of fused-ring (bicyclic) bond motifs is 1. The molecule has 2 heterocycles. The molecule has 1 aromatic carbocycles. The summed E-state index contributed by atoms with van der Waals surface area (Å²) in [6.45, 7) is 2.86. The number of nitrogens with zero attached hydrogens (tertiary/aromatic N) is 4. The van der Waals surface area contributed by atoms with E-state index < -0.39 is 0 Å². The monoisotopic (exact) mass is 296 g/mol. The van der Waals surface area contributed by atoms with Crippen LogP contribution in [0.4, 0.5) is 0 Å². The van der Waals surface area contributed by atoms with Crippen LogP contribution in [0.15, 0.2) is 24.5 Å². The van der Waals surface area contributed by atoms with Crippen molar-refractivity contribution in [3.8, 4) is 5.69 Å². The SMILES string of the molecule is C[C@H](c1ncnn1-c1ccc2c(c1)CCC2)N1CCCC1=O. The number of carbonyl (C=O) groups excluding carboxylic acids is 1. The van der Waals surface area contributed by atoms with Gasteiger partial charge in [0.25, 0.3) is 0 Å². The Morgan fingerprint density at radius 1 is 1.14 bits per heavy atom. The van der Waals surface area contributed by atoms with Gasteiger partial charge in [-0.1, -0.05) is 6.07 Å². The van der Waals surface area contributed by atoms with E-state index in [9.17, 15) is 4.79 Å². The molecule has 5 heteroatoms. The number of hydrogen-bond donors (Lipinski definition) is 0. The van der Waals surface area contributed by atoms with E-state index in [-0.39, 0.29) is 11.9 Å². The Balaban J connectivity index is 1.69. The number of amides is 1. The molecule has 1 fully saturated rings. The van der Waals surface area contributed by atoms with Crippen LogP contribution in [0.2, 0.25) is 0 Å². The first-order chi connectivity index (χ1) is 10.7. The van der Waals surface area contributed by atoms with E-state index in [1.165, 1.54) is 24.0 Å². The average Bonchev–Trinajstić information content (AvgIpc) is 3.25. The van der Waals surface area contributed by atoms with E-state index in [1.807, 2.05) is 16.5 Å². The Morgan fingerprint density at radius 2 is 2.00 bits per heavy atom. The first-order valence-electron chi connectivity index (χ1n) is 8.05. The summed E-state index contributed by atoms with van der Waals surface area (Å²) in [5.41, 5.74) is 3.92. The standard InChI is InChI=1S/C17H20N4O/c1-12(20-9-3-6-16(20)22)17-18-11-19-21(17)15-8-7-13-4-2-5-14(13)10-15/h7-8,10-12H,2-6,9H2,1H3/t12-/m1/s1. The van der Waals surface area contributed by atoms with Crippen LogP contribution >= 0.6 is 0 Å². The topological polar surface area (TPSA) is 51.0 Å². The van der Waals surface area contributed by atoms with Crippen molar-refractivity contribution >= 4 is 5.91 Å². The van der Waals surface area contributed by atoms with Gasteiger partial charge in [0.15, 0.2) is 5.82 Å². The minimum absolute atomic E-state index is 0.0363. The van der Waals surface area contributed by atoms with E-state index in [2.05, 4.69) is 28.3 Å². The lowest BCUT2D eigenvalue weighted by Gasteiger charge is -2.23. The molecule has 1 aliphatic heterocycles. The van der Waals surface area contributed by atoms with E-state index in [4.69, 9.17) is 0 Å². The lowest BCUT2D eigenvalue weighted by Crippen LogP contribution is -2.29. The summed E-state index contributed by atoms with van der Waals surface area (Å²) in [5, 5.41) is 4.40. The largest absolute Gasteiger partial charge is 0.333 e. The van der Waals surface area contributed by atoms with Gasteiger partial charge >= 0.3 is 0 Å². The molecule has 1 aromatic heterocycles. The third-order valence-corrected chi connectivity index (χ3v) is 4.85. The maximum atomic E-state index is 12.0. The molecule has 1 amide bonds. The average molecular weight is 296 g/mol. The van der Waals surface area contributed by atoms with Gasteiger partial charge in [-0.2, -0.15) is 5.10 Å². The third kappa shape index (κ3) is 2.12. The molecule has 2 aromatic rings. The number of benzene rings is 1. The minimum Gasteiger partial charge on any atom is -0.333 e. The molecule has 22 heavy (non-hydrogen) atoms. The van der Waals surface area contributed by atoms with Crippen LogP contribution < -0.4 is 0 Å². The summed E-state index contributed by atoms with van der Waals surface area (Å²) in [6, 6.07) is 6.50. The zero-order chi connectivity index (χ0) is 15.1. The van der Waals surface area contributed by atoms with E-state index in [1.54, 1.807) is 6.33 Å². The summed E-state index contributed by atoms with van der Waals surface area (Å²) >= 11 is 0. The van der Waals surface area contributed by atoms with Gasteiger partial charge in [0.2, 0.25) is 5.91 Å². The van der Waals surface area contributed by atoms with Gasteiger partial charge in [0.05, 0.1) is 11.7 Å². The molecule has 1 aliphatic carbocycles. The fourth-order valence-electron chi connectivity index (χ4n) is 3.64. The first-order valence-corrected chi connectivity index (χ1v) is 8.05. The van der Waals surface area contributed by atoms with Crippen LogP contribution in [0, 0.1) is 0 Å². The van der Waals surface area contributed by atoms with Gasteiger partial charge < -0.3 is 4.90 Å². The second-order valence-corrected chi connectivity index (χ2v) is 6.20. The number of aryl methyl sites for hydroxylation is 2. The molecule has 1 saturated heterocycles. The Bertz CT molecular complexity index is 721. The minimum atomic E-state index is -0.0363. The maximum Gasteiger partial charge on any atom is 0.223 e. The van der Waals surface area contributed by atoms with Gasteiger partial charge in [0.1, 0.15) is 6.33 Å². The molecule has 1 atom stereocenters. The molecular weight excluding hydrogens is 276 g/mol. The van der Waals surface area contributed by atoms with Crippen LogP contribution in [-0.4, -0.2) is 32.1 Å². The predicted octanol–water partition coefficient (Wildman–Crippen LogP) is 2.44. The van der Waals surface area contributed by atoms with Gasteiger partial charge in [-0.15, -0.1) is 0 Å². The van der Waals surface area contributed by atoms with E-state index in [0.717, 1.165) is 30.9 Å². The van der Waals surface area contributed by atoms with Crippen molar-refractivity contribution in [1.82, 2.24) is 19.7 Å². The van der Waals surface area contributed by atoms with Crippen molar-refractivity contribution in [3.05, 3.63) is 41.5 Å². The summed E-state index contributed by atoms with van der Waals surface area (Å²) in [4.78, 5) is 18.3. The fourth-order valence-corrected chi connectivity index (χ4v) is 3.64. The van der Waals surface area contributed by atoms with Gasteiger partial charge in [-0.3, -0.25) is 4.79 Å². The predicted molar refractivity (Wildman–Crippen MR) is 82.7 cm³/mol. The molecule has 0 saturated carbocycles. The zero-order valence-corrected chi connectivity index (χ0v) is 12.8. The molecule has 0 radical (unpaired) electrons. The third-order valence-electron chi connectivity index (χ3n) is 4.85. The summed E-state index contributed by atoms with van der Waals surface area (Å²) in [5.74, 6) is 1.06. The highest BCUT2D eigenvalue weighted by Gasteiger charge is 2.29. The lowest BCUT2D eigenvalue weighted by atomic mass is 10.1. The van der Waals surface area contributed by atoms with Crippen LogP contribution in [-0.2, 0) is 17.6 Å². The number of rotatable bonds is 3. The molecule has 5 nitrogen and oxygen atoms in total. The van der Waals surface area contributed by atoms with E-state index >= 15 is 0 Å². The zero-order valence-electron chi connectivity index (χ0n) is 12.8. The van der Waals surface area contributed by atoms with Crippen LogP contribution in [0.1, 0.15) is 49.2 Å². The quantitative estimate of drug-likeness (QED) is 0.874. The van der Waals surface area contributed by atoms with E-state index in [0.29, 0.717) is 6.42 Å². The molecule has 0 N–H and O–H groups in total. The van der Waals surface area contributed by atoms with Crippen LogP contribution in [0.25, 0.3) is 5.69 Å². The van der Waals surface area contributed by atoms with Crippen molar-refractivity contribution in [2.24, 2.45) is 0 Å². The van der Waals surface area contributed by atoms with Crippen LogP contribution in [0.3, 0.4) is 0 Å². The van der Waals surface area contributed by atoms with Crippen molar-refractivity contribution in [3.63, 3.8) is 0 Å². The fraction of sp³-hybridized carbons (Fsp3) is 0.471. The van der Waals surface area contributed by atoms with Crippen molar-refractivity contribution in [2.45, 2.75) is 45.1 Å². The Hall–Kier alpha value is -2.17. The molecule has 0 spiro atoms. The highest BCUT2D eigenvalue weighted by Crippen LogP contribution is 2.28. The Kier molecular flexibility index (Phi) is 3.21. The van der Waals surface area contributed by atoms with Crippen molar-refractivity contribution < 1.29 is 4.79 Å². The summed E-state index contributed by atoms with van der Waals surface area (Å²) in [7, 11) is 0.